The molecule has 0 saturated carbocycles. The zero-order valence-electron chi connectivity index (χ0n) is 18.3. The van der Waals surface area contributed by atoms with Crippen molar-refractivity contribution in [1.82, 2.24) is 24.9 Å². The Labute approximate surface area is 189 Å². The van der Waals surface area contributed by atoms with Gasteiger partial charge in [-0.15, -0.1) is 6.58 Å². The summed E-state index contributed by atoms with van der Waals surface area (Å²) < 4.78 is 1.98. The lowest BCUT2D eigenvalue weighted by Crippen LogP contribution is -2.47. The molecule has 1 N–H and O–H groups in total. The number of carbonyl (C=O) groups excluding carboxylic acids is 1. The van der Waals surface area contributed by atoms with Crippen LogP contribution in [0.5, 0.6) is 0 Å². The van der Waals surface area contributed by atoms with E-state index in [1.165, 1.54) is 11.3 Å². The van der Waals surface area contributed by atoms with Gasteiger partial charge in [0.25, 0.3) is 5.91 Å². The fraction of sp³-hybridized carbons (Fsp3) is 0.500. The molecule has 2 aliphatic rings. The number of carbonyl (C=O) groups is 1. The molecule has 0 bridgehead atoms. The van der Waals surface area contributed by atoms with E-state index in [9.17, 15) is 4.79 Å². The number of allylic oxidation sites excluding steroid dienone is 1. The van der Waals surface area contributed by atoms with Crippen LogP contribution in [0, 0.1) is 0 Å². The van der Waals surface area contributed by atoms with E-state index in [1.807, 2.05) is 33.9 Å². The minimum absolute atomic E-state index is 0.0757. The first kappa shape index (κ1) is 22.1. The number of piperazine rings is 1. The fourth-order valence-electron chi connectivity index (χ4n) is 4.58. The van der Waals surface area contributed by atoms with Crippen LogP contribution in [0.1, 0.15) is 33.7 Å². The van der Waals surface area contributed by atoms with Crippen LogP contribution in [0.3, 0.4) is 0 Å². The van der Waals surface area contributed by atoms with Crippen LogP contribution in [-0.4, -0.2) is 71.3 Å². The third-order valence-corrected chi connectivity index (χ3v) is 6.61. The summed E-state index contributed by atoms with van der Waals surface area (Å²) in [6.45, 7) is 8.75. The molecule has 1 aromatic carbocycles. The number of nitrogens with one attached hydrogen (secondary N) is 1. The molecule has 1 aromatic heterocycles. The van der Waals surface area contributed by atoms with Gasteiger partial charge in [-0.05, 0) is 57.0 Å². The van der Waals surface area contributed by atoms with Crippen molar-refractivity contribution in [2.45, 2.75) is 38.3 Å². The molecular formula is C24H32ClN5O. The number of benzene rings is 1. The van der Waals surface area contributed by atoms with Gasteiger partial charge >= 0.3 is 0 Å². The minimum Gasteiger partial charge on any atom is -0.335 e. The highest BCUT2D eigenvalue weighted by atomic mass is 35.5. The standard InChI is InChI=1S/C24H32ClN5O/c1-3-11-30-22-8-7-20(26-10-9-18-5-4-6-19(25)16-18)17-21(22)23(27-30)24(31)29-14-12-28(2)13-15-29/h3-6,16,20,26H,1,7-15,17H2,2H3. The van der Waals surface area contributed by atoms with Crippen LogP contribution < -0.4 is 5.32 Å². The highest BCUT2D eigenvalue weighted by Crippen LogP contribution is 2.26. The molecule has 1 amide bonds. The summed E-state index contributed by atoms with van der Waals surface area (Å²) in [4.78, 5) is 17.5. The summed E-state index contributed by atoms with van der Waals surface area (Å²) in [5.41, 5.74) is 4.20. The molecule has 1 aliphatic carbocycles. The van der Waals surface area contributed by atoms with E-state index in [0.717, 1.165) is 69.0 Å². The van der Waals surface area contributed by atoms with Crippen LogP contribution in [-0.2, 0) is 25.8 Å². The first-order chi connectivity index (χ1) is 15.0. The van der Waals surface area contributed by atoms with Crippen molar-refractivity contribution in [3.63, 3.8) is 0 Å². The monoisotopic (exact) mass is 441 g/mol. The largest absolute Gasteiger partial charge is 0.335 e. The fourth-order valence-corrected chi connectivity index (χ4v) is 4.79. The van der Waals surface area contributed by atoms with Gasteiger partial charge in [0, 0.05) is 48.5 Å². The first-order valence-corrected chi connectivity index (χ1v) is 11.6. The van der Waals surface area contributed by atoms with Crippen molar-refractivity contribution in [1.29, 1.82) is 0 Å². The molecule has 4 rings (SSSR count). The highest BCUT2D eigenvalue weighted by molar-refractivity contribution is 6.30. The zero-order chi connectivity index (χ0) is 21.8. The number of fused-ring (bicyclic) bond motifs is 1. The number of likely N-dealkylation sites (N-methyl/N-ethyl adjacent to an activating group) is 1. The van der Waals surface area contributed by atoms with Gasteiger partial charge in [-0.3, -0.25) is 9.48 Å². The Kier molecular flexibility index (Phi) is 7.10. The summed E-state index contributed by atoms with van der Waals surface area (Å²) in [6.07, 6.45) is 5.62. The van der Waals surface area contributed by atoms with E-state index < -0.39 is 0 Å². The van der Waals surface area contributed by atoms with E-state index in [4.69, 9.17) is 16.7 Å². The summed E-state index contributed by atoms with van der Waals surface area (Å²) in [5, 5.41) is 9.22. The molecule has 6 nitrogen and oxygen atoms in total. The van der Waals surface area contributed by atoms with Crippen molar-refractivity contribution in [3.8, 4) is 0 Å². The smallest absolute Gasteiger partial charge is 0.274 e. The molecule has 7 heteroatoms. The maximum Gasteiger partial charge on any atom is 0.274 e. The summed E-state index contributed by atoms with van der Waals surface area (Å²) in [7, 11) is 2.10. The van der Waals surface area contributed by atoms with Gasteiger partial charge in [0.15, 0.2) is 5.69 Å². The Bertz CT molecular complexity index is 932. The van der Waals surface area contributed by atoms with Crippen molar-refractivity contribution in [2.24, 2.45) is 0 Å². The molecule has 1 saturated heterocycles. The van der Waals surface area contributed by atoms with Crippen molar-refractivity contribution in [2.75, 3.05) is 39.8 Å². The molecule has 166 valence electrons. The molecule has 1 fully saturated rings. The molecule has 1 unspecified atom stereocenters. The van der Waals surface area contributed by atoms with Crippen molar-refractivity contribution in [3.05, 3.63) is 64.5 Å². The Balaban J connectivity index is 1.45. The SMILES string of the molecule is C=CCn1nc(C(=O)N2CCN(C)CC2)c2c1CCC(NCCc1cccc(Cl)c1)C2. The third-order valence-electron chi connectivity index (χ3n) is 6.38. The minimum atomic E-state index is 0.0757. The second-order valence-electron chi connectivity index (χ2n) is 8.61. The van der Waals surface area contributed by atoms with Crippen LogP contribution in [0.4, 0.5) is 0 Å². The molecule has 2 heterocycles. The predicted octanol–water partition coefficient (Wildman–Crippen LogP) is 2.80. The maximum atomic E-state index is 13.3. The molecular weight excluding hydrogens is 410 g/mol. The van der Waals surface area contributed by atoms with E-state index >= 15 is 0 Å². The average Bonchev–Trinajstić information content (AvgIpc) is 3.12. The van der Waals surface area contributed by atoms with Crippen molar-refractivity contribution >= 4 is 17.5 Å². The zero-order valence-corrected chi connectivity index (χ0v) is 19.1. The number of halogens is 1. The van der Waals surface area contributed by atoms with Gasteiger partial charge in [-0.25, -0.2) is 0 Å². The molecule has 1 aliphatic heterocycles. The lowest BCUT2D eigenvalue weighted by molar-refractivity contribution is 0.0656. The topological polar surface area (TPSA) is 53.4 Å². The highest BCUT2D eigenvalue weighted by Gasteiger charge is 2.31. The predicted molar refractivity (Wildman–Crippen MR) is 125 cm³/mol. The van der Waals surface area contributed by atoms with Gasteiger partial charge in [0.05, 0.1) is 6.54 Å². The number of hydrogen-bond donors (Lipinski definition) is 1. The quantitative estimate of drug-likeness (QED) is 0.671. The number of amides is 1. The summed E-state index contributed by atoms with van der Waals surface area (Å²) in [5.74, 6) is 0.0757. The molecule has 1 atom stereocenters. The lowest BCUT2D eigenvalue weighted by atomic mass is 9.91. The van der Waals surface area contributed by atoms with E-state index in [1.54, 1.807) is 0 Å². The number of nitrogens with zero attached hydrogens (tertiary/aromatic N) is 4. The van der Waals surface area contributed by atoms with Crippen LogP contribution in [0.2, 0.25) is 5.02 Å². The second kappa shape index (κ2) is 9.98. The van der Waals surface area contributed by atoms with Crippen LogP contribution >= 0.6 is 11.6 Å². The Morgan fingerprint density at radius 1 is 1.32 bits per heavy atom. The number of rotatable bonds is 7. The Morgan fingerprint density at radius 2 is 2.13 bits per heavy atom. The van der Waals surface area contributed by atoms with Gasteiger partial charge in [-0.2, -0.15) is 5.10 Å². The lowest BCUT2D eigenvalue weighted by Gasteiger charge is -2.32. The molecule has 0 radical (unpaired) electrons. The van der Waals surface area contributed by atoms with Crippen LogP contribution in [0.15, 0.2) is 36.9 Å². The van der Waals surface area contributed by atoms with Gasteiger partial charge in [-0.1, -0.05) is 29.8 Å². The van der Waals surface area contributed by atoms with Crippen molar-refractivity contribution < 1.29 is 4.79 Å². The average molecular weight is 442 g/mol. The van der Waals surface area contributed by atoms with E-state index in [2.05, 4.69) is 29.9 Å². The number of hydrogen-bond acceptors (Lipinski definition) is 4. The van der Waals surface area contributed by atoms with Crippen LogP contribution in [0.25, 0.3) is 0 Å². The van der Waals surface area contributed by atoms with E-state index in [0.29, 0.717) is 18.3 Å². The Hall–Kier alpha value is -2.15. The summed E-state index contributed by atoms with van der Waals surface area (Å²) >= 11 is 6.10. The second-order valence-corrected chi connectivity index (χ2v) is 9.05. The Morgan fingerprint density at radius 3 is 2.87 bits per heavy atom. The first-order valence-electron chi connectivity index (χ1n) is 11.2. The maximum absolute atomic E-state index is 13.3. The normalized spacial score (nSPS) is 19.3. The van der Waals surface area contributed by atoms with E-state index in [-0.39, 0.29) is 5.91 Å². The molecule has 31 heavy (non-hydrogen) atoms. The molecule has 2 aromatic rings. The third kappa shape index (κ3) is 5.20. The van der Waals surface area contributed by atoms with Gasteiger partial charge in [0.2, 0.25) is 0 Å². The molecule has 0 spiro atoms. The summed E-state index contributed by atoms with van der Waals surface area (Å²) in [6, 6.07) is 8.38. The van der Waals surface area contributed by atoms with Gasteiger partial charge in [0.1, 0.15) is 0 Å². The van der Waals surface area contributed by atoms with Gasteiger partial charge < -0.3 is 15.1 Å². The number of aromatic nitrogens is 2.